The SMILES string of the molecule is C=C(C(=O)O)N(C(=O)OCC)C(=O)c1ccccc1. The molecular weight excluding hydrogens is 250 g/mol. The Morgan fingerprint density at radius 3 is 2.32 bits per heavy atom. The van der Waals surface area contributed by atoms with Crippen molar-refractivity contribution in [3.8, 4) is 0 Å². The molecule has 0 radical (unpaired) electrons. The van der Waals surface area contributed by atoms with E-state index in [9.17, 15) is 14.4 Å². The number of nitrogens with zero attached hydrogens (tertiary/aromatic N) is 1. The van der Waals surface area contributed by atoms with Crippen molar-refractivity contribution in [1.82, 2.24) is 4.90 Å². The predicted molar refractivity (Wildman–Crippen MR) is 66.4 cm³/mol. The van der Waals surface area contributed by atoms with Crippen LogP contribution in [0.5, 0.6) is 0 Å². The van der Waals surface area contributed by atoms with Crippen LogP contribution in [0, 0.1) is 0 Å². The van der Waals surface area contributed by atoms with E-state index in [4.69, 9.17) is 5.11 Å². The van der Waals surface area contributed by atoms with Crippen molar-refractivity contribution in [1.29, 1.82) is 0 Å². The van der Waals surface area contributed by atoms with Gasteiger partial charge in [0.1, 0.15) is 5.70 Å². The zero-order chi connectivity index (χ0) is 14.4. The lowest BCUT2D eigenvalue weighted by atomic mass is 10.2. The van der Waals surface area contributed by atoms with Crippen molar-refractivity contribution in [3.63, 3.8) is 0 Å². The minimum absolute atomic E-state index is 0.0182. The van der Waals surface area contributed by atoms with Gasteiger partial charge in [-0.05, 0) is 19.1 Å². The largest absolute Gasteiger partial charge is 0.477 e. The normalized spacial score (nSPS) is 9.53. The Bertz CT molecular complexity index is 509. The highest BCUT2D eigenvalue weighted by atomic mass is 16.6. The van der Waals surface area contributed by atoms with Crippen LogP contribution in [0.3, 0.4) is 0 Å². The summed E-state index contributed by atoms with van der Waals surface area (Å²) >= 11 is 0. The summed E-state index contributed by atoms with van der Waals surface area (Å²) in [7, 11) is 0. The summed E-state index contributed by atoms with van der Waals surface area (Å²) in [5, 5.41) is 8.86. The van der Waals surface area contributed by atoms with Gasteiger partial charge in [-0.1, -0.05) is 24.8 Å². The molecule has 0 saturated carbocycles. The third-order valence-electron chi connectivity index (χ3n) is 2.19. The topological polar surface area (TPSA) is 83.9 Å². The molecule has 1 aromatic carbocycles. The number of imide groups is 1. The van der Waals surface area contributed by atoms with Crippen molar-refractivity contribution in [2.24, 2.45) is 0 Å². The van der Waals surface area contributed by atoms with Crippen molar-refractivity contribution < 1.29 is 24.2 Å². The van der Waals surface area contributed by atoms with Gasteiger partial charge in [-0.15, -0.1) is 0 Å². The first-order valence-corrected chi connectivity index (χ1v) is 5.47. The molecule has 0 aromatic heterocycles. The zero-order valence-corrected chi connectivity index (χ0v) is 10.3. The lowest BCUT2D eigenvalue weighted by molar-refractivity contribution is -0.134. The fourth-order valence-corrected chi connectivity index (χ4v) is 1.31. The summed E-state index contributed by atoms with van der Waals surface area (Å²) in [6.45, 7) is 4.78. The molecule has 0 heterocycles. The van der Waals surface area contributed by atoms with E-state index in [0.29, 0.717) is 4.90 Å². The fraction of sp³-hybridized carbons (Fsp3) is 0.154. The van der Waals surface area contributed by atoms with Crippen molar-refractivity contribution >= 4 is 18.0 Å². The molecule has 0 spiro atoms. The maximum Gasteiger partial charge on any atom is 0.421 e. The van der Waals surface area contributed by atoms with Crippen LogP contribution in [0.2, 0.25) is 0 Å². The predicted octanol–water partition coefficient (Wildman–Crippen LogP) is 1.88. The quantitative estimate of drug-likeness (QED) is 0.838. The minimum atomic E-state index is -1.47. The maximum absolute atomic E-state index is 12.1. The number of hydrogen-bond acceptors (Lipinski definition) is 4. The molecule has 0 saturated heterocycles. The summed E-state index contributed by atoms with van der Waals surface area (Å²) in [5.41, 5.74) is -0.495. The Hall–Kier alpha value is -2.63. The number of hydrogen-bond donors (Lipinski definition) is 1. The zero-order valence-electron chi connectivity index (χ0n) is 10.3. The van der Waals surface area contributed by atoms with Gasteiger partial charge in [0.05, 0.1) is 6.61 Å². The van der Waals surface area contributed by atoms with Crippen LogP contribution in [0.15, 0.2) is 42.6 Å². The molecule has 19 heavy (non-hydrogen) atoms. The molecule has 0 fully saturated rings. The number of amides is 2. The average Bonchev–Trinajstić information content (AvgIpc) is 2.40. The van der Waals surface area contributed by atoms with Gasteiger partial charge in [0.2, 0.25) is 0 Å². The number of carbonyl (C=O) groups excluding carboxylic acids is 2. The fourth-order valence-electron chi connectivity index (χ4n) is 1.31. The van der Waals surface area contributed by atoms with Crippen molar-refractivity contribution in [2.75, 3.05) is 6.61 Å². The van der Waals surface area contributed by atoms with Crippen LogP contribution < -0.4 is 0 Å². The Morgan fingerprint density at radius 2 is 1.84 bits per heavy atom. The van der Waals surface area contributed by atoms with Gasteiger partial charge in [-0.25, -0.2) is 14.5 Å². The Labute approximate surface area is 109 Å². The monoisotopic (exact) mass is 263 g/mol. The Kier molecular flexibility index (Phi) is 4.82. The second-order valence-corrected chi connectivity index (χ2v) is 3.46. The standard InChI is InChI=1S/C13H13NO5/c1-3-19-13(18)14(9(2)12(16)17)11(15)10-7-5-4-6-8-10/h4-8H,2-3H2,1H3,(H,16,17). The molecule has 0 aliphatic heterocycles. The molecular formula is C13H13NO5. The van der Waals surface area contributed by atoms with E-state index in [-0.39, 0.29) is 12.2 Å². The van der Waals surface area contributed by atoms with E-state index in [2.05, 4.69) is 11.3 Å². The van der Waals surface area contributed by atoms with Crippen LogP contribution in [-0.4, -0.2) is 34.6 Å². The second-order valence-electron chi connectivity index (χ2n) is 3.46. The molecule has 6 heteroatoms. The first kappa shape index (κ1) is 14.4. The third kappa shape index (κ3) is 3.41. The molecule has 0 aliphatic carbocycles. The van der Waals surface area contributed by atoms with Crippen molar-refractivity contribution in [3.05, 3.63) is 48.2 Å². The molecule has 1 rings (SSSR count). The number of carbonyl (C=O) groups is 3. The molecule has 1 aromatic rings. The highest BCUT2D eigenvalue weighted by Gasteiger charge is 2.30. The van der Waals surface area contributed by atoms with Crippen LogP contribution in [0.1, 0.15) is 17.3 Å². The molecule has 0 bridgehead atoms. The molecule has 1 N–H and O–H groups in total. The summed E-state index contributed by atoms with van der Waals surface area (Å²) in [4.78, 5) is 35.1. The molecule has 6 nitrogen and oxygen atoms in total. The van der Waals surface area contributed by atoms with Crippen LogP contribution in [-0.2, 0) is 9.53 Å². The second kappa shape index (κ2) is 6.34. The number of carboxylic acids is 1. The van der Waals surface area contributed by atoms with Crippen LogP contribution >= 0.6 is 0 Å². The van der Waals surface area contributed by atoms with E-state index >= 15 is 0 Å². The van der Waals surface area contributed by atoms with Gasteiger partial charge < -0.3 is 9.84 Å². The van der Waals surface area contributed by atoms with Gasteiger partial charge in [0.15, 0.2) is 0 Å². The molecule has 0 aliphatic rings. The number of ether oxygens (including phenoxy) is 1. The van der Waals surface area contributed by atoms with Crippen molar-refractivity contribution in [2.45, 2.75) is 6.92 Å². The highest BCUT2D eigenvalue weighted by molar-refractivity contribution is 6.08. The van der Waals surface area contributed by atoms with E-state index < -0.39 is 23.7 Å². The first-order chi connectivity index (χ1) is 8.99. The lowest BCUT2D eigenvalue weighted by Gasteiger charge is -2.19. The Morgan fingerprint density at radius 1 is 1.26 bits per heavy atom. The van der Waals surface area contributed by atoms with Crippen LogP contribution in [0.25, 0.3) is 0 Å². The summed E-state index contributed by atoms with van der Waals surface area (Å²) in [6.07, 6.45) is -1.07. The summed E-state index contributed by atoms with van der Waals surface area (Å²) < 4.78 is 4.66. The van der Waals surface area contributed by atoms with E-state index in [1.165, 1.54) is 12.1 Å². The van der Waals surface area contributed by atoms with E-state index in [1.807, 2.05) is 0 Å². The van der Waals surface area contributed by atoms with Crippen LogP contribution in [0.4, 0.5) is 4.79 Å². The summed E-state index contributed by atoms with van der Waals surface area (Å²) in [6, 6.07) is 7.81. The maximum atomic E-state index is 12.1. The highest BCUT2D eigenvalue weighted by Crippen LogP contribution is 2.12. The van der Waals surface area contributed by atoms with E-state index in [0.717, 1.165) is 0 Å². The van der Waals surface area contributed by atoms with Gasteiger partial charge in [0, 0.05) is 5.56 Å². The number of benzene rings is 1. The first-order valence-electron chi connectivity index (χ1n) is 5.47. The lowest BCUT2D eigenvalue weighted by Crippen LogP contribution is -2.38. The molecule has 0 unspecified atom stereocenters. The number of rotatable bonds is 4. The number of carboxylic acid groups (broad SMARTS) is 1. The Balaban J connectivity index is 3.10. The van der Waals surface area contributed by atoms with Gasteiger partial charge >= 0.3 is 12.1 Å². The van der Waals surface area contributed by atoms with Gasteiger partial charge in [0.25, 0.3) is 5.91 Å². The number of aliphatic carboxylic acids is 1. The van der Waals surface area contributed by atoms with Gasteiger partial charge in [-0.3, -0.25) is 4.79 Å². The smallest absolute Gasteiger partial charge is 0.421 e. The molecule has 0 atom stereocenters. The average molecular weight is 263 g/mol. The third-order valence-corrected chi connectivity index (χ3v) is 2.19. The van der Waals surface area contributed by atoms with Gasteiger partial charge in [-0.2, -0.15) is 0 Å². The molecule has 100 valence electrons. The summed E-state index contributed by atoms with van der Waals surface area (Å²) in [5.74, 6) is -2.27. The van der Waals surface area contributed by atoms with E-state index in [1.54, 1.807) is 25.1 Å². The molecule has 2 amide bonds. The minimum Gasteiger partial charge on any atom is -0.477 e.